The molecule has 3 aromatic rings. The highest BCUT2D eigenvalue weighted by atomic mass is 16.6. The second-order valence-electron chi connectivity index (χ2n) is 9.51. The van der Waals surface area contributed by atoms with E-state index in [-0.39, 0.29) is 39.7 Å². The molecule has 4 rings (SSSR count). The van der Waals surface area contributed by atoms with Crippen LogP contribution in [0.2, 0.25) is 0 Å². The third kappa shape index (κ3) is 7.83. The van der Waals surface area contributed by atoms with Crippen LogP contribution in [0.3, 0.4) is 0 Å². The van der Waals surface area contributed by atoms with Crippen molar-refractivity contribution in [1.29, 1.82) is 10.8 Å². The first-order valence-electron chi connectivity index (χ1n) is 13.1. The van der Waals surface area contributed by atoms with Crippen LogP contribution in [0.25, 0.3) is 11.1 Å². The Labute approximate surface area is 237 Å². The maximum Gasteiger partial charge on any atom is 0.344 e. The first-order valence-corrected chi connectivity index (χ1v) is 13.1. The van der Waals surface area contributed by atoms with Gasteiger partial charge in [0.15, 0.2) is 0 Å². The molecule has 0 amide bonds. The minimum atomic E-state index is -0.767. The number of nitrogens with one attached hydrogen (secondary N) is 2. The Morgan fingerprint density at radius 1 is 0.878 bits per heavy atom. The van der Waals surface area contributed by atoms with E-state index in [1.807, 2.05) is 12.1 Å². The summed E-state index contributed by atoms with van der Waals surface area (Å²) < 4.78 is 21.2. The van der Waals surface area contributed by atoms with Crippen molar-refractivity contribution in [2.24, 2.45) is 0 Å². The summed E-state index contributed by atoms with van der Waals surface area (Å²) in [4.78, 5) is 37.2. The van der Waals surface area contributed by atoms with Gasteiger partial charge in [0.25, 0.3) is 0 Å². The lowest BCUT2D eigenvalue weighted by Gasteiger charge is -2.13. The minimum Gasteiger partial charge on any atom is -0.462 e. The summed E-state index contributed by atoms with van der Waals surface area (Å²) in [7, 11) is 0. The average Bonchev–Trinajstić information content (AvgIpc) is 3.81. The summed E-state index contributed by atoms with van der Waals surface area (Å²) in [6.45, 7) is 6.24. The summed E-state index contributed by atoms with van der Waals surface area (Å²) in [6.07, 6.45) is 5.02. The average molecular weight is 555 g/mol. The lowest BCUT2D eigenvalue weighted by atomic mass is 10.0. The molecule has 0 saturated carbocycles. The van der Waals surface area contributed by atoms with Gasteiger partial charge in [-0.2, -0.15) is 0 Å². The van der Waals surface area contributed by atoms with E-state index < -0.39 is 11.9 Å². The van der Waals surface area contributed by atoms with E-state index in [0.717, 1.165) is 49.4 Å². The molecule has 2 N–H and O–H groups in total. The molecule has 1 unspecified atom stereocenters. The number of rotatable bonds is 13. The van der Waals surface area contributed by atoms with Crippen LogP contribution < -0.4 is 9.47 Å². The zero-order valence-electron chi connectivity index (χ0n) is 22.6. The summed E-state index contributed by atoms with van der Waals surface area (Å²) in [6, 6.07) is 16.5. The number of hydrogen-bond acceptors (Lipinski definition) is 9. The largest absolute Gasteiger partial charge is 0.462 e. The monoisotopic (exact) mass is 554 g/mol. The fourth-order valence-corrected chi connectivity index (χ4v) is 4.00. The second-order valence-corrected chi connectivity index (χ2v) is 9.51. The zero-order chi connectivity index (χ0) is 29.4. The summed E-state index contributed by atoms with van der Waals surface area (Å²) >= 11 is 0. The van der Waals surface area contributed by atoms with Crippen LogP contribution in [0.1, 0.15) is 58.0 Å². The first-order chi connectivity index (χ1) is 19.8. The normalized spacial score (nSPS) is 13.5. The van der Waals surface area contributed by atoms with E-state index >= 15 is 0 Å². The molecule has 1 atom stereocenters. The number of carbonyl (C=O) groups is 3. The van der Waals surface area contributed by atoms with Gasteiger partial charge < -0.3 is 29.8 Å². The number of unbranched alkanes of at least 4 members (excludes halogenated alkanes) is 1. The van der Waals surface area contributed by atoms with E-state index in [1.165, 1.54) is 19.1 Å². The van der Waals surface area contributed by atoms with Gasteiger partial charge in [-0.1, -0.05) is 30.8 Å². The Bertz CT molecular complexity index is 1440. The van der Waals surface area contributed by atoms with Gasteiger partial charge in [-0.05, 0) is 73.7 Å². The van der Waals surface area contributed by atoms with E-state index in [1.54, 1.807) is 36.4 Å². The van der Waals surface area contributed by atoms with E-state index in [4.69, 9.17) is 29.8 Å². The van der Waals surface area contributed by atoms with Crippen LogP contribution in [0.15, 0.2) is 72.8 Å². The SMILES string of the molecule is C=C(C)C(=O)Oc1cc(C=N)c(C(=O)Oc2ccc(-c3ccc(C(=O)OCCCCC4CO4)cc3)cc2)c(C=N)c1. The quantitative estimate of drug-likeness (QED) is 0.0682. The van der Waals surface area contributed by atoms with Crippen molar-refractivity contribution in [2.45, 2.75) is 32.3 Å². The molecule has 3 aromatic carbocycles. The van der Waals surface area contributed by atoms with Gasteiger partial charge >= 0.3 is 17.9 Å². The summed E-state index contributed by atoms with van der Waals surface area (Å²) in [5, 5.41) is 15.5. The standard InChI is InChI=1S/C32H30N2O7/c1-20(2)30(35)41-28-15-24(17-33)29(25(16-28)18-34)32(37)40-26-12-10-22(11-13-26)21-6-8-23(9-7-21)31(36)38-14-4-3-5-27-19-39-27/h6-13,15-18,27,33-34H,1,3-5,14,19H2,2H3. The molecule has 1 fully saturated rings. The Morgan fingerprint density at radius 3 is 2.00 bits per heavy atom. The molecule has 9 nitrogen and oxygen atoms in total. The van der Waals surface area contributed by atoms with Crippen LogP contribution in [0.4, 0.5) is 0 Å². The lowest BCUT2D eigenvalue weighted by Crippen LogP contribution is -2.16. The summed E-state index contributed by atoms with van der Waals surface area (Å²) in [5.74, 6) is -1.45. The van der Waals surface area contributed by atoms with Crippen LogP contribution in [0, 0.1) is 10.8 Å². The molecular formula is C32H30N2O7. The molecule has 41 heavy (non-hydrogen) atoms. The topological polar surface area (TPSA) is 139 Å². The van der Waals surface area contributed by atoms with Gasteiger partial charge in [-0.3, -0.25) is 0 Å². The molecular weight excluding hydrogens is 524 g/mol. The lowest BCUT2D eigenvalue weighted by molar-refractivity contribution is -0.130. The number of carbonyl (C=O) groups excluding carboxylic acids is 3. The Kier molecular flexibility index (Phi) is 9.55. The van der Waals surface area contributed by atoms with Crippen molar-refractivity contribution in [3.05, 3.63) is 95.1 Å². The van der Waals surface area contributed by atoms with Crippen LogP contribution >= 0.6 is 0 Å². The van der Waals surface area contributed by atoms with E-state index in [2.05, 4.69) is 6.58 Å². The first kappa shape index (κ1) is 29.1. The van der Waals surface area contributed by atoms with Crippen molar-refractivity contribution in [2.75, 3.05) is 13.2 Å². The Balaban J connectivity index is 1.38. The van der Waals surface area contributed by atoms with E-state index in [0.29, 0.717) is 18.3 Å². The number of esters is 3. The highest BCUT2D eigenvalue weighted by Gasteiger charge is 2.22. The van der Waals surface area contributed by atoms with Gasteiger partial charge in [0.05, 0.1) is 30.4 Å². The van der Waals surface area contributed by atoms with Crippen LogP contribution in [0.5, 0.6) is 11.5 Å². The minimum absolute atomic E-state index is 0.00592. The molecule has 0 spiro atoms. The van der Waals surface area contributed by atoms with Crippen molar-refractivity contribution in [1.82, 2.24) is 0 Å². The van der Waals surface area contributed by atoms with Gasteiger partial charge in [-0.15, -0.1) is 0 Å². The predicted octanol–water partition coefficient (Wildman–Crippen LogP) is 5.78. The maximum atomic E-state index is 13.0. The number of hydrogen-bond donors (Lipinski definition) is 2. The molecule has 210 valence electrons. The number of epoxide rings is 1. The molecule has 0 aliphatic carbocycles. The Hall–Kier alpha value is -4.89. The predicted molar refractivity (Wildman–Crippen MR) is 153 cm³/mol. The smallest absolute Gasteiger partial charge is 0.344 e. The third-order valence-electron chi connectivity index (χ3n) is 6.32. The molecule has 0 bridgehead atoms. The fourth-order valence-electron chi connectivity index (χ4n) is 4.00. The van der Waals surface area contributed by atoms with Crippen LogP contribution in [-0.2, 0) is 14.3 Å². The highest BCUT2D eigenvalue weighted by Crippen LogP contribution is 2.26. The Morgan fingerprint density at radius 2 is 1.46 bits per heavy atom. The van der Waals surface area contributed by atoms with Crippen molar-refractivity contribution >= 4 is 30.3 Å². The molecule has 1 heterocycles. The van der Waals surface area contributed by atoms with E-state index in [9.17, 15) is 14.4 Å². The van der Waals surface area contributed by atoms with Crippen molar-refractivity contribution in [3.8, 4) is 22.6 Å². The molecule has 1 aliphatic rings. The zero-order valence-corrected chi connectivity index (χ0v) is 22.6. The fraction of sp³-hybridized carbons (Fsp3) is 0.219. The maximum absolute atomic E-state index is 13.0. The highest BCUT2D eigenvalue weighted by molar-refractivity contribution is 6.06. The van der Waals surface area contributed by atoms with Crippen LogP contribution in [-0.4, -0.2) is 49.7 Å². The molecule has 9 heteroatoms. The molecule has 1 saturated heterocycles. The van der Waals surface area contributed by atoms with Crippen molar-refractivity contribution < 1.29 is 33.3 Å². The van der Waals surface area contributed by atoms with Gasteiger partial charge in [0, 0.05) is 29.1 Å². The van der Waals surface area contributed by atoms with Gasteiger partial charge in [0.1, 0.15) is 11.5 Å². The molecule has 1 aliphatic heterocycles. The molecule has 0 aromatic heterocycles. The number of ether oxygens (including phenoxy) is 4. The third-order valence-corrected chi connectivity index (χ3v) is 6.32. The second kappa shape index (κ2) is 13.5. The van der Waals surface area contributed by atoms with Gasteiger partial charge in [-0.25, -0.2) is 14.4 Å². The number of benzene rings is 3. The van der Waals surface area contributed by atoms with Gasteiger partial charge in [0.2, 0.25) is 0 Å². The molecule has 0 radical (unpaired) electrons. The van der Waals surface area contributed by atoms with Crippen molar-refractivity contribution in [3.63, 3.8) is 0 Å². The summed E-state index contributed by atoms with van der Waals surface area (Å²) in [5.41, 5.74) is 2.61.